The summed E-state index contributed by atoms with van der Waals surface area (Å²) < 4.78 is 1.88. The summed E-state index contributed by atoms with van der Waals surface area (Å²) in [4.78, 5) is 29.9. The number of likely N-dealkylation sites (tertiary alicyclic amines) is 1. The topological polar surface area (TPSA) is 70.5 Å². The zero-order valence-corrected chi connectivity index (χ0v) is 23.1. The Morgan fingerprint density at radius 1 is 1.32 bits per heavy atom. The minimum atomic E-state index is 0.0169. The van der Waals surface area contributed by atoms with E-state index in [9.17, 15) is 9.59 Å². The lowest BCUT2D eigenvalue weighted by atomic mass is 9.64. The van der Waals surface area contributed by atoms with Crippen LogP contribution in [0.15, 0.2) is 42.6 Å². The number of hydrogen-bond donors (Lipinski definition) is 1. The number of nitrogens with zero attached hydrogens (tertiary/aromatic N) is 4. The molecule has 2 saturated heterocycles. The normalized spacial score (nSPS) is 22.5. The maximum absolute atomic E-state index is 11.2. The number of carbonyl (C=O) groups excluding carboxylic acids is 2. The molecule has 9 heteroatoms. The summed E-state index contributed by atoms with van der Waals surface area (Å²) in [6.07, 6.45) is 8.94. The third-order valence-corrected chi connectivity index (χ3v) is 7.50. The van der Waals surface area contributed by atoms with E-state index in [2.05, 4.69) is 47.3 Å². The molecular formula is C28H39BClN5O2. The van der Waals surface area contributed by atoms with E-state index in [1.807, 2.05) is 22.8 Å². The van der Waals surface area contributed by atoms with Gasteiger partial charge in [-0.25, -0.2) is 4.98 Å². The number of aromatic nitrogens is 2. The zero-order chi connectivity index (χ0) is 26.8. The molecule has 0 saturated carbocycles. The van der Waals surface area contributed by atoms with Crippen molar-refractivity contribution in [1.82, 2.24) is 24.7 Å². The van der Waals surface area contributed by atoms with E-state index in [1.54, 1.807) is 11.1 Å². The largest absolute Gasteiger partial charge is 0.336 e. The number of Topliss-reactive ketones (excluding diaryl/α,β-unsaturated/α-hetero) is 1. The highest BCUT2D eigenvalue weighted by atomic mass is 35.5. The fourth-order valence-electron chi connectivity index (χ4n) is 5.06. The molecule has 0 bridgehead atoms. The molecule has 1 aromatic heterocycles. The van der Waals surface area contributed by atoms with Gasteiger partial charge in [0.15, 0.2) is 5.78 Å². The van der Waals surface area contributed by atoms with Crippen molar-refractivity contribution in [2.24, 2.45) is 5.92 Å². The summed E-state index contributed by atoms with van der Waals surface area (Å²) in [6.45, 7) is 12.9. The number of allylic oxidation sites excluding steroid dienone is 1. The standard InChI is InChI=1S/C10H17BN2.C9H11Cl.C9H11N3O2/c1-2-3-4-13-6-9-5-12-7-10(9,11)8-13;1-2-5-8-6-3-4-7-9(8)10;1-7(14)8-4-10-9-5-11(6-13)2-3-12(8)9/h2-3,9,12H,4-8H2,1H3;3-4,6-7H,2,5H2,1H3;4,6H,2-3,5H2,1H3/b3-2+;;. The molecule has 0 spiro atoms. The number of benzene rings is 1. The van der Waals surface area contributed by atoms with Crippen LogP contribution in [0, 0.1) is 5.92 Å². The van der Waals surface area contributed by atoms with Gasteiger partial charge in [-0.2, -0.15) is 0 Å². The maximum Gasteiger partial charge on any atom is 0.210 e. The molecule has 7 nitrogen and oxygen atoms in total. The molecule has 5 rings (SSSR count). The molecule has 198 valence electrons. The number of fused-ring (bicyclic) bond motifs is 2. The Labute approximate surface area is 227 Å². The van der Waals surface area contributed by atoms with Crippen LogP contribution in [0.3, 0.4) is 0 Å². The fourth-order valence-corrected chi connectivity index (χ4v) is 5.29. The quantitative estimate of drug-likeness (QED) is 0.270. The van der Waals surface area contributed by atoms with Crippen LogP contribution in [-0.4, -0.2) is 78.7 Å². The summed E-state index contributed by atoms with van der Waals surface area (Å²) in [7, 11) is 6.30. The monoisotopic (exact) mass is 523 g/mol. The lowest BCUT2D eigenvalue weighted by molar-refractivity contribution is -0.119. The van der Waals surface area contributed by atoms with Gasteiger partial charge in [-0.3, -0.25) is 14.5 Å². The number of amides is 1. The Morgan fingerprint density at radius 3 is 2.76 bits per heavy atom. The maximum atomic E-state index is 11.2. The number of halogens is 1. The van der Waals surface area contributed by atoms with E-state index in [0.717, 1.165) is 62.8 Å². The average Bonchev–Trinajstić information content (AvgIpc) is 3.56. The van der Waals surface area contributed by atoms with Crippen molar-refractivity contribution in [3.63, 3.8) is 0 Å². The van der Waals surface area contributed by atoms with Crippen molar-refractivity contribution in [3.05, 3.63) is 64.7 Å². The number of carbonyl (C=O) groups is 2. The Morgan fingerprint density at radius 2 is 2.11 bits per heavy atom. The molecule has 3 aliphatic rings. The van der Waals surface area contributed by atoms with E-state index in [-0.39, 0.29) is 11.1 Å². The molecular weight excluding hydrogens is 485 g/mol. The highest BCUT2D eigenvalue weighted by Crippen LogP contribution is 2.41. The highest BCUT2D eigenvalue weighted by molar-refractivity contribution is 6.31. The van der Waals surface area contributed by atoms with Gasteiger partial charge in [0.25, 0.3) is 0 Å². The van der Waals surface area contributed by atoms with Crippen LogP contribution in [0.25, 0.3) is 0 Å². The molecule has 2 aromatic rings. The molecule has 1 amide bonds. The Kier molecular flexibility index (Phi) is 11.0. The van der Waals surface area contributed by atoms with Crippen molar-refractivity contribution >= 4 is 31.6 Å². The van der Waals surface area contributed by atoms with Gasteiger partial charge in [-0.15, -0.1) is 0 Å². The van der Waals surface area contributed by atoms with Crippen molar-refractivity contribution in [2.45, 2.75) is 52.0 Å². The second kappa shape index (κ2) is 13.9. The summed E-state index contributed by atoms with van der Waals surface area (Å²) in [5, 5.41) is 4.32. The molecule has 2 radical (unpaired) electrons. The number of hydrogen-bond acceptors (Lipinski definition) is 5. The number of ketones is 1. The van der Waals surface area contributed by atoms with Crippen LogP contribution < -0.4 is 5.32 Å². The first-order valence-corrected chi connectivity index (χ1v) is 13.5. The van der Waals surface area contributed by atoms with Gasteiger partial charge in [0, 0.05) is 38.1 Å². The number of rotatable bonds is 6. The Balaban J connectivity index is 0.000000157. The molecule has 1 N–H and O–H groups in total. The Bertz CT molecular complexity index is 1070. The predicted molar refractivity (Wildman–Crippen MR) is 150 cm³/mol. The number of nitrogens with one attached hydrogen (secondary N) is 1. The molecule has 2 fully saturated rings. The van der Waals surface area contributed by atoms with Crippen molar-refractivity contribution in [2.75, 3.05) is 39.3 Å². The second-order valence-corrected chi connectivity index (χ2v) is 10.4. The SMILES string of the molecule is CC(=O)c1cnc2n1CCN(C=O)C2.CCCc1ccccc1Cl.[B]C12CNCC1CN(C/C=C/C)C2. The van der Waals surface area contributed by atoms with Crippen molar-refractivity contribution in [3.8, 4) is 0 Å². The highest BCUT2D eigenvalue weighted by Gasteiger charge is 2.44. The molecule has 2 unspecified atom stereocenters. The van der Waals surface area contributed by atoms with Gasteiger partial charge in [0.2, 0.25) is 6.41 Å². The lowest BCUT2D eigenvalue weighted by Gasteiger charge is -2.24. The van der Waals surface area contributed by atoms with Crippen molar-refractivity contribution in [1.29, 1.82) is 0 Å². The fraction of sp³-hybridized carbons (Fsp3) is 0.536. The van der Waals surface area contributed by atoms with Gasteiger partial charge in [-0.1, -0.05) is 55.3 Å². The third kappa shape index (κ3) is 7.79. The average molecular weight is 524 g/mol. The minimum Gasteiger partial charge on any atom is -0.336 e. The van der Waals surface area contributed by atoms with Gasteiger partial charge in [0.05, 0.1) is 20.6 Å². The minimum absolute atomic E-state index is 0.0169. The van der Waals surface area contributed by atoms with Crippen LogP contribution in [0.2, 0.25) is 10.3 Å². The van der Waals surface area contributed by atoms with Crippen LogP contribution in [0.5, 0.6) is 0 Å². The van der Waals surface area contributed by atoms with Crippen molar-refractivity contribution < 1.29 is 9.59 Å². The van der Waals surface area contributed by atoms with E-state index in [0.29, 0.717) is 31.2 Å². The summed E-state index contributed by atoms with van der Waals surface area (Å²) in [5.74, 6) is 1.47. The van der Waals surface area contributed by atoms with E-state index in [1.165, 1.54) is 12.5 Å². The lowest BCUT2D eigenvalue weighted by Crippen LogP contribution is -2.33. The van der Waals surface area contributed by atoms with Gasteiger partial charge in [0.1, 0.15) is 11.5 Å². The molecule has 1 aromatic carbocycles. The first kappa shape index (κ1) is 29.1. The summed E-state index contributed by atoms with van der Waals surface area (Å²) >= 11 is 5.90. The molecule has 37 heavy (non-hydrogen) atoms. The van der Waals surface area contributed by atoms with Crippen LogP contribution in [-0.2, 0) is 24.3 Å². The predicted octanol–water partition coefficient (Wildman–Crippen LogP) is 3.77. The molecule has 0 aliphatic carbocycles. The van der Waals surface area contributed by atoms with E-state index in [4.69, 9.17) is 19.4 Å². The molecule has 2 atom stereocenters. The number of imidazole rings is 1. The van der Waals surface area contributed by atoms with Crippen LogP contribution in [0.1, 0.15) is 49.1 Å². The van der Waals surface area contributed by atoms with Crippen LogP contribution >= 0.6 is 11.6 Å². The summed E-state index contributed by atoms with van der Waals surface area (Å²) in [6, 6.07) is 8.00. The van der Waals surface area contributed by atoms with Crippen LogP contribution in [0.4, 0.5) is 0 Å². The van der Waals surface area contributed by atoms with E-state index < -0.39 is 0 Å². The summed E-state index contributed by atoms with van der Waals surface area (Å²) in [5.41, 5.74) is 1.89. The Hall–Kier alpha value is -2.42. The molecule has 4 heterocycles. The first-order chi connectivity index (χ1) is 17.8. The molecule has 3 aliphatic heterocycles. The zero-order valence-electron chi connectivity index (χ0n) is 22.3. The smallest absolute Gasteiger partial charge is 0.210 e. The van der Waals surface area contributed by atoms with Gasteiger partial charge >= 0.3 is 0 Å². The first-order valence-electron chi connectivity index (χ1n) is 13.1. The number of aryl methyl sites for hydroxylation is 1. The second-order valence-electron chi connectivity index (χ2n) is 10.0. The van der Waals surface area contributed by atoms with Gasteiger partial charge in [-0.05, 0) is 55.8 Å². The van der Waals surface area contributed by atoms with E-state index >= 15 is 0 Å². The van der Waals surface area contributed by atoms with Gasteiger partial charge < -0.3 is 14.8 Å². The third-order valence-electron chi connectivity index (χ3n) is 7.13.